The summed E-state index contributed by atoms with van der Waals surface area (Å²) >= 11 is 0. The molecule has 0 aromatic rings. The molecule has 0 amide bonds. The van der Waals surface area contributed by atoms with Crippen molar-refractivity contribution in [2.45, 2.75) is 25.9 Å². The van der Waals surface area contributed by atoms with Crippen molar-refractivity contribution in [1.82, 2.24) is 0 Å². The Kier molecular flexibility index (Phi) is 9.91. The summed E-state index contributed by atoms with van der Waals surface area (Å²) < 4.78 is 0. The number of hydrogen-bond acceptors (Lipinski definition) is 4. The summed E-state index contributed by atoms with van der Waals surface area (Å²) in [6.45, 7) is 1.16. The second-order valence-electron chi connectivity index (χ2n) is 2.24. The largest absolute Gasteiger partial charge is 0.481 e. The first-order chi connectivity index (χ1) is 5.91. The van der Waals surface area contributed by atoms with Crippen molar-refractivity contribution >= 4 is 11.9 Å². The number of aliphatic carboxylic acids is 2. The highest BCUT2D eigenvalue weighted by Crippen LogP contribution is 1.83. The van der Waals surface area contributed by atoms with Crippen LogP contribution in [0.1, 0.15) is 19.8 Å². The minimum Gasteiger partial charge on any atom is -0.481 e. The molecule has 4 N–H and O–H groups in total. The Balaban J connectivity index is 0. The number of aliphatic hydroxyl groups is 2. The molecule has 0 aliphatic rings. The average molecular weight is 194 g/mol. The maximum Gasteiger partial charge on any atom is 0.332 e. The third kappa shape index (κ3) is 18.1. The zero-order valence-electron chi connectivity index (χ0n) is 7.30. The highest BCUT2D eigenvalue weighted by Gasteiger charge is 2.01. The molecule has 0 saturated carbocycles. The highest BCUT2D eigenvalue weighted by molar-refractivity contribution is 5.71. The van der Waals surface area contributed by atoms with Crippen molar-refractivity contribution in [3.63, 3.8) is 0 Å². The third-order valence-corrected chi connectivity index (χ3v) is 0.906. The number of hydrogen-bond donors (Lipinski definition) is 4. The van der Waals surface area contributed by atoms with E-state index in [9.17, 15) is 9.59 Å². The first-order valence-electron chi connectivity index (χ1n) is 3.65. The fourth-order valence-electron chi connectivity index (χ4n) is 0.230. The summed E-state index contributed by atoms with van der Waals surface area (Å²) in [5.74, 6) is -2.04. The van der Waals surface area contributed by atoms with Gasteiger partial charge in [-0.1, -0.05) is 0 Å². The molecule has 0 aliphatic carbocycles. The number of carbonyl (C=O) groups is 2. The maximum atomic E-state index is 9.65. The van der Waals surface area contributed by atoms with Crippen LogP contribution in [0.3, 0.4) is 0 Å². The van der Waals surface area contributed by atoms with Gasteiger partial charge in [-0.3, -0.25) is 4.79 Å². The van der Waals surface area contributed by atoms with Crippen LogP contribution in [0.2, 0.25) is 0 Å². The summed E-state index contributed by atoms with van der Waals surface area (Å²) in [7, 11) is 0. The molecule has 6 nitrogen and oxygen atoms in total. The quantitative estimate of drug-likeness (QED) is 0.470. The van der Waals surface area contributed by atoms with E-state index >= 15 is 0 Å². The van der Waals surface area contributed by atoms with Gasteiger partial charge in [0.1, 0.15) is 6.10 Å². The molecular weight excluding hydrogens is 180 g/mol. The predicted molar refractivity (Wildman–Crippen MR) is 43.3 cm³/mol. The van der Waals surface area contributed by atoms with E-state index in [-0.39, 0.29) is 13.0 Å². The molecule has 0 aliphatic heterocycles. The van der Waals surface area contributed by atoms with Gasteiger partial charge < -0.3 is 20.4 Å². The average Bonchev–Trinajstić information content (AvgIpc) is 2.01. The molecular formula is C7H14O6. The van der Waals surface area contributed by atoms with Crippen LogP contribution in [-0.4, -0.2) is 45.1 Å². The van der Waals surface area contributed by atoms with E-state index in [0.29, 0.717) is 6.42 Å². The lowest BCUT2D eigenvalue weighted by Crippen LogP contribution is -2.13. The van der Waals surface area contributed by atoms with E-state index in [1.165, 1.54) is 6.92 Å². The first kappa shape index (κ1) is 14.4. The lowest BCUT2D eigenvalue weighted by Gasteiger charge is -1.89. The van der Waals surface area contributed by atoms with Gasteiger partial charge in [0.15, 0.2) is 0 Å². The van der Waals surface area contributed by atoms with Gasteiger partial charge in [-0.05, 0) is 13.3 Å². The summed E-state index contributed by atoms with van der Waals surface area (Å²) in [6, 6.07) is 0. The van der Waals surface area contributed by atoms with E-state index in [4.69, 9.17) is 20.4 Å². The van der Waals surface area contributed by atoms with Gasteiger partial charge in [0, 0.05) is 13.0 Å². The molecule has 0 saturated heterocycles. The van der Waals surface area contributed by atoms with E-state index in [0.717, 1.165) is 0 Å². The Labute approximate surface area is 75.4 Å². The molecule has 0 radical (unpaired) electrons. The van der Waals surface area contributed by atoms with Gasteiger partial charge in [-0.15, -0.1) is 0 Å². The van der Waals surface area contributed by atoms with Crippen molar-refractivity contribution in [3.8, 4) is 0 Å². The van der Waals surface area contributed by atoms with Crippen molar-refractivity contribution < 1.29 is 30.0 Å². The maximum absolute atomic E-state index is 9.65. The number of carboxylic acids is 2. The lowest BCUT2D eigenvalue weighted by atomic mass is 10.3. The van der Waals surface area contributed by atoms with Crippen LogP contribution in [0.15, 0.2) is 0 Å². The van der Waals surface area contributed by atoms with Crippen LogP contribution in [0.4, 0.5) is 0 Å². The van der Waals surface area contributed by atoms with Gasteiger partial charge in [-0.2, -0.15) is 0 Å². The summed E-state index contributed by atoms with van der Waals surface area (Å²) in [4.78, 5) is 19.1. The Morgan fingerprint density at radius 2 is 1.69 bits per heavy atom. The molecule has 0 heterocycles. The normalized spacial score (nSPS) is 11.0. The Hall–Kier alpha value is -1.14. The van der Waals surface area contributed by atoms with Crippen LogP contribution in [0.5, 0.6) is 0 Å². The van der Waals surface area contributed by atoms with Crippen LogP contribution >= 0.6 is 0 Å². The first-order valence-corrected chi connectivity index (χ1v) is 3.65. The van der Waals surface area contributed by atoms with Crippen molar-refractivity contribution in [1.29, 1.82) is 0 Å². The van der Waals surface area contributed by atoms with E-state index < -0.39 is 18.0 Å². The summed E-state index contributed by atoms with van der Waals surface area (Å²) in [5, 5.41) is 31.8. The van der Waals surface area contributed by atoms with E-state index in [2.05, 4.69) is 0 Å². The predicted octanol–water partition coefficient (Wildman–Crippen LogP) is -0.705. The van der Waals surface area contributed by atoms with Gasteiger partial charge in [-0.25, -0.2) is 4.79 Å². The second-order valence-corrected chi connectivity index (χ2v) is 2.24. The van der Waals surface area contributed by atoms with Crippen LogP contribution in [-0.2, 0) is 9.59 Å². The topological polar surface area (TPSA) is 115 Å². The van der Waals surface area contributed by atoms with Crippen LogP contribution in [0, 0.1) is 0 Å². The fraction of sp³-hybridized carbons (Fsp3) is 0.714. The number of rotatable bonds is 4. The van der Waals surface area contributed by atoms with E-state index in [1.54, 1.807) is 0 Å². The number of carboxylic acid groups (broad SMARTS) is 2. The molecule has 1 unspecified atom stereocenters. The Bertz CT molecular complexity index is 153. The Morgan fingerprint density at radius 3 is 1.77 bits per heavy atom. The van der Waals surface area contributed by atoms with Gasteiger partial charge in [0.05, 0.1) is 0 Å². The zero-order valence-corrected chi connectivity index (χ0v) is 7.30. The monoisotopic (exact) mass is 194 g/mol. The molecule has 0 aromatic heterocycles. The molecule has 78 valence electrons. The van der Waals surface area contributed by atoms with Crippen molar-refractivity contribution in [2.24, 2.45) is 0 Å². The highest BCUT2D eigenvalue weighted by atomic mass is 16.4. The zero-order chi connectivity index (χ0) is 10.9. The standard InChI is InChI=1S/C4H8O3.C3H6O3/c5-3-1-2-4(6)7;1-2(4)3(5)6/h5H,1-3H2,(H,6,7);2,4H,1H3,(H,5,6). The minimum atomic E-state index is -1.23. The van der Waals surface area contributed by atoms with Crippen LogP contribution in [0.25, 0.3) is 0 Å². The lowest BCUT2D eigenvalue weighted by molar-refractivity contribution is -0.145. The van der Waals surface area contributed by atoms with Crippen molar-refractivity contribution in [3.05, 3.63) is 0 Å². The smallest absolute Gasteiger partial charge is 0.332 e. The third-order valence-electron chi connectivity index (χ3n) is 0.906. The van der Waals surface area contributed by atoms with Gasteiger partial charge in [0.25, 0.3) is 0 Å². The summed E-state index contributed by atoms with van der Waals surface area (Å²) in [5.41, 5.74) is 0. The SMILES string of the molecule is CC(O)C(=O)O.O=C(O)CCCO. The van der Waals surface area contributed by atoms with Gasteiger partial charge in [0.2, 0.25) is 0 Å². The molecule has 0 spiro atoms. The molecule has 0 bridgehead atoms. The molecule has 1 atom stereocenters. The minimum absolute atomic E-state index is 0.0354. The molecule has 0 aromatic carbocycles. The molecule has 0 rings (SSSR count). The molecule has 0 fully saturated rings. The number of aliphatic hydroxyl groups excluding tert-OH is 2. The Morgan fingerprint density at radius 1 is 1.31 bits per heavy atom. The second kappa shape index (κ2) is 8.95. The van der Waals surface area contributed by atoms with Gasteiger partial charge >= 0.3 is 11.9 Å². The van der Waals surface area contributed by atoms with Crippen LogP contribution < -0.4 is 0 Å². The molecule has 6 heteroatoms. The summed E-state index contributed by atoms with van der Waals surface area (Å²) in [6.07, 6.45) is -0.809. The molecule has 13 heavy (non-hydrogen) atoms. The fourth-order valence-corrected chi connectivity index (χ4v) is 0.230. The van der Waals surface area contributed by atoms with E-state index in [1.807, 2.05) is 0 Å². The van der Waals surface area contributed by atoms with Crippen molar-refractivity contribution in [2.75, 3.05) is 6.61 Å².